The van der Waals surface area contributed by atoms with Gasteiger partial charge in [-0.25, -0.2) is 4.79 Å². The third-order valence-corrected chi connectivity index (χ3v) is 2.70. The highest BCUT2D eigenvalue weighted by Crippen LogP contribution is 2.16. The molecule has 0 unspecified atom stereocenters. The maximum absolute atomic E-state index is 11.3. The summed E-state index contributed by atoms with van der Waals surface area (Å²) in [6.45, 7) is 0. The number of carbonyl (C=O) groups excluding carboxylic acids is 1. The molecule has 1 aromatic carbocycles. The van der Waals surface area contributed by atoms with E-state index in [4.69, 9.17) is 10.6 Å². The normalized spacial score (nSPS) is 9.25. The molecule has 2 N–H and O–H groups in total. The molecule has 0 aromatic heterocycles. The molecule has 0 amide bonds. The van der Waals surface area contributed by atoms with Gasteiger partial charge in [-0.05, 0) is 12.1 Å². The van der Waals surface area contributed by atoms with E-state index in [0.29, 0.717) is 0 Å². The van der Waals surface area contributed by atoms with Gasteiger partial charge in [0, 0.05) is 4.90 Å². The van der Waals surface area contributed by atoms with Gasteiger partial charge in [-0.2, -0.15) is 0 Å². The summed E-state index contributed by atoms with van der Waals surface area (Å²) < 4.78 is 0. The van der Waals surface area contributed by atoms with Crippen LogP contribution in [0.15, 0.2) is 35.2 Å². The first-order valence-corrected chi connectivity index (χ1v) is 5.32. The Kier molecular flexibility index (Phi) is 4.44. The maximum atomic E-state index is 11.3. The third kappa shape index (κ3) is 3.34. The van der Waals surface area contributed by atoms with Crippen LogP contribution in [0.2, 0.25) is 0 Å². The van der Waals surface area contributed by atoms with E-state index in [0.717, 1.165) is 4.90 Å². The van der Waals surface area contributed by atoms with Gasteiger partial charge in [0.25, 0.3) is 5.78 Å². The fourth-order valence-corrected chi connectivity index (χ4v) is 1.75. The van der Waals surface area contributed by atoms with Crippen molar-refractivity contribution in [1.29, 1.82) is 5.53 Å². The molecule has 0 saturated heterocycles. The van der Waals surface area contributed by atoms with Gasteiger partial charge in [-0.3, -0.25) is 4.79 Å². The predicted octanol–water partition coefficient (Wildman–Crippen LogP) is 1.11. The summed E-state index contributed by atoms with van der Waals surface area (Å²) in [4.78, 5) is 25.4. The molecule has 1 rings (SSSR count). The largest absolute Gasteiger partial charge is 0.491 e. The molecule has 5 nitrogen and oxygen atoms in total. The van der Waals surface area contributed by atoms with E-state index in [1.165, 1.54) is 11.8 Å². The lowest BCUT2D eigenvalue weighted by Gasteiger charge is -1.96. The van der Waals surface area contributed by atoms with E-state index in [9.17, 15) is 9.59 Å². The number of nitrogens with zero attached hydrogens (tertiary/aromatic N) is 1. The molecule has 0 spiro atoms. The Balaban J connectivity index is 2.60. The van der Waals surface area contributed by atoms with Gasteiger partial charge >= 0.3 is 11.7 Å². The highest BCUT2D eigenvalue weighted by Gasteiger charge is 2.31. The molecule has 82 valence electrons. The van der Waals surface area contributed by atoms with Crippen LogP contribution in [0.3, 0.4) is 0 Å². The number of benzene rings is 1. The van der Waals surface area contributed by atoms with Crippen LogP contribution in [0.4, 0.5) is 0 Å². The van der Waals surface area contributed by atoms with Crippen LogP contribution in [0.25, 0.3) is 0 Å². The summed E-state index contributed by atoms with van der Waals surface area (Å²) in [6, 6.07) is 9.12. The van der Waals surface area contributed by atoms with Crippen LogP contribution in [-0.4, -0.2) is 33.1 Å². The Hall–Kier alpha value is -1.91. The van der Waals surface area contributed by atoms with E-state index in [1.807, 2.05) is 30.3 Å². The van der Waals surface area contributed by atoms with Gasteiger partial charge in [0.15, 0.2) is 0 Å². The lowest BCUT2D eigenvalue weighted by Crippen LogP contribution is -2.26. The second-order valence-electron chi connectivity index (χ2n) is 2.79. The van der Waals surface area contributed by atoms with Crippen LogP contribution in [0, 0.1) is 5.53 Å². The molecule has 0 aliphatic rings. The minimum absolute atomic E-state index is 0.0337. The van der Waals surface area contributed by atoms with Gasteiger partial charge in [0.1, 0.15) is 0 Å². The monoisotopic (exact) mass is 237 g/mol. The predicted molar refractivity (Wildman–Crippen MR) is 57.8 cm³/mol. The number of ketones is 1. The zero-order valence-electron chi connectivity index (χ0n) is 8.21. The van der Waals surface area contributed by atoms with Crippen molar-refractivity contribution in [2.24, 2.45) is 0 Å². The number of carboxylic acids is 1. The van der Waals surface area contributed by atoms with Crippen molar-refractivity contribution >= 4 is 29.2 Å². The topological polar surface area (TPSA) is 92.3 Å². The van der Waals surface area contributed by atoms with Gasteiger partial charge in [-0.15, -0.1) is 11.8 Å². The van der Waals surface area contributed by atoms with E-state index >= 15 is 0 Å². The minimum Gasteiger partial charge on any atom is -0.472 e. The van der Waals surface area contributed by atoms with E-state index in [1.54, 1.807) is 0 Å². The number of carbonyl (C=O) groups is 2. The fraction of sp³-hybridized carbons (Fsp3) is 0.100. The summed E-state index contributed by atoms with van der Waals surface area (Å²) in [6.07, 6.45) is 0. The Bertz CT molecular complexity index is 452. The van der Waals surface area contributed by atoms with Crippen LogP contribution in [-0.2, 0) is 9.59 Å². The quantitative estimate of drug-likeness (QED) is 0.264. The van der Waals surface area contributed by atoms with Gasteiger partial charge < -0.3 is 5.11 Å². The first-order valence-electron chi connectivity index (χ1n) is 4.34. The molecule has 0 fully saturated rings. The van der Waals surface area contributed by atoms with Crippen LogP contribution in [0.5, 0.6) is 0 Å². The second kappa shape index (κ2) is 5.85. The SMILES string of the molecule is N=[N+]=C(C(=O)O)C(=O)CSc1ccccc1. The minimum atomic E-state index is -1.46. The molecule has 1 aromatic rings. The van der Waals surface area contributed by atoms with Crippen molar-refractivity contribution in [3.05, 3.63) is 30.3 Å². The number of hydrogen-bond donors (Lipinski definition) is 2. The number of thioether (sulfide) groups is 1. The molecule has 0 radical (unpaired) electrons. The number of carboxylic acid groups (broad SMARTS) is 1. The molecular weight excluding hydrogens is 228 g/mol. The summed E-state index contributed by atoms with van der Waals surface area (Å²) >= 11 is 1.21. The van der Waals surface area contributed by atoms with E-state index in [-0.39, 0.29) is 5.75 Å². The molecule has 0 aliphatic heterocycles. The molecular formula is C10H9N2O3S+. The second-order valence-corrected chi connectivity index (χ2v) is 3.84. The Morgan fingerprint density at radius 3 is 2.44 bits per heavy atom. The number of rotatable bonds is 5. The Labute approximate surface area is 95.7 Å². The van der Waals surface area contributed by atoms with Crippen LogP contribution >= 0.6 is 11.8 Å². The van der Waals surface area contributed by atoms with E-state index in [2.05, 4.69) is 4.79 Å². The van der Waals surface area contributed by atoms with Gasteiger partial charge in [0.05, 0.1) is 16.1 Å². The standard InChI is InChI=1S/C10H8N2O3S/c11-12-9(10(14)15)8(13)6-16-7-4-2-1-3-5-7/h1-5,11H,6H2/p+1. The molecule has 0 heterocycles. The van der Waals surface area contributed by atoms with Crippen LogP contribution < -0.4 is 0 Å². The highest BCUT2D eigenvalue weighted by atomic mass is 32.2. The number of nitrogens with one attached hydrogen (secondary N) is 1. The van der Waals surface area contributed by atoms with Gasteiger partial charge in [0.2, 0.25) is 0 Å². The fourth-order valence-electron chi connectivity index (χ4n) is 0.963. The number of hydrogen-bond acceptors (Lipinski definition) is 4. The third-order valence-electron chi connectivity index (χ3n) is 1.69. The van der Waals surface area contributed by atoms with E-state index < -0.39 is 17.5 Å². The Morgan fingerprint density at radius 1 is 1.31 bits per heavy atom. The molecule has 0 bridgehead atoms. The van der Waals surface area contributed by atoms with Gasteiger partial charge in [-0.1, -0.05) is 18.2 Å². The number of Topliss-reactive ketones (excluding diaryl/α,β-unsaturated/α-hetero) is 1. The lowest BCUT2D eigenvalue weighted by atomic mass is 10.3. The zero-order chi connectivity index (χ0) is 12.0. The Morgan fingerprint density at radius 2 is 1.94 bits per heavy atom. The van der Waals surface area contributed by atoms with Crippen molar-refractivity contribution in [2.75, 3.05) is 5.75 Å². The molecule has 0 aliphatic carbocycles. The smallest absolute Gasteiger partial charge is 0.472 e. The first-order chi connectivity index (χ1) is 7.65. The average molecular weight is 237 g/mol. The molecule has 0 atom stereocenters. The molecule has 16 heavy (non-hydrogen) atoms. The lowest BCUT2D eigenvalue weighted by molar-refractivity contribution is -0.152. The zero-order valence-corrected chi connectivity index (χ0v) is 9.03. The summed E-state index contributed by atoms with van der Waals surface area (Å²) in [5.41, 5.74) is 5.85. The van der Waals surface area contributed by atoms with Crippen molar-refractivity contribution in [2.45, 2.75) is 4.90 Å². The maximum Gasteiger partial charge on any atom is 0.491 e. The van der Waals surface area contributed by atoms with Crippen LogP contribution in [0.1, 0.15) is 0 Å². The summed E-state index contributed by atoms with van der Waals surface area (Å²) in [7, 11) is 0. The molecule has 6 heteroatoms. The van der Waals surface area contributed by atoms with Crippen molar-refractivity contribution in [3.63, 3.8) is 0 Å². The summed E-state index contributed by atoms with van der Waals surface area (Å²) in [5.74, 6) is -2.15. The van der Waals surface area contributed by atoms with Crippen molar-refractivity contribution in [3.8, 4) is 0 Å². The first kappa shape index (κ1) is 12.2. The number of aliphatic carboxylic acids is 1. The highest BCUT2D eigenvalue weighted by molar-refractivity contribution is 8.00. The van der Waals surface area contributed by atoms with Crippen molar-refractivity contribution < 1.29 is 19.5 Å². The average Bonchev–Trinajstić information content (AvgIpc) is 2.28. The molecule has 0 saturated carbocycles. The summed E-state index contributed by atoms with van der Waals surface area (Å²) in [5, 5.41) is 8.56. The van der Waals surface area contributed by atoms with Crippen molar-refractivity contribution in [1.82, 2.24) is 0 Å².